The lowest BCUT2D eigenvalue weighted by Crippen LogP contribution is -2.16. The molecule has 0 atom stereocenters. The van der Waals surface area contributed by atoms with Crippen molar-refractivity contribution >= 4 is 45.3 Å². The van der Waals surface area contributed by atoms with Gasteiger partial charge in [0.1, 0.15) is 5.82 Å². The Balaban J connectivity index is 1.41. The summed E-state index contributed by atoms with van der Waals surface area (Å²) < 4.78 is 15.6. The zero-order chi connectivity index (χ0) is 21.1. The van der Waals surface area contributed by atoms with Gasteiger partial charge in [0.25, 0.3) is 5.91 Å². The first kappa shape index (κ1) is 19.8. The maximum atomic E-state index is 14.2. The van der Waals surface area contributed by atoms with Crippen molar-refractivity contribution in [3.8, 4) is 5.69 Å². The van der Waals surface area contributed by atoms with E-state index in [0.717, 1.165) is 0 Å². The van der Waals surface area contributed by atoms with E-state index in [9.17, 15) is 14.0 Å². The van der Waals surface area contributed by atoms with Crippen LogP contribution in [0, 0.1) is 12.7 Å². The molecule has 0 spiro atoms. The van der Waals surface area contributed by atoms with Crippen LogP contribution in [0.3, 0.4) is 0 Å². The van der Waals surface area contributed by atoms with E-state index in [-0.39, 0.29) is 18.0 Å². The summed E-state index contributed by atoms with van der Waals surface area (Å²) >= 11 is 2.53. The normalized spacial score (nSPS) is 10.7. The number of tetrazole rings is 1. The summed E-state index contributed by atoms with van der Waals surface area (Å²) in [5.41, 5.74) is 0.988. The Hall–Kier alpha value is -3.51. The molecule has 0 saturated carbocycles. The van der Waals surface area contributed by atoms with Gasteiger partial charge in [0.05, 0.1) is 28.4 Å². The quantitative estimate of drug-likeness (QED) is 0.473. The van der Waals surface area contributed by atoms with Crippen LogP contribution in [-0.4, -0.2) is 37.0 Å². The lowest BCUT2D eigenvalue weighted by atomic mass is 10.2. The molecule has 0 radical (unpaired) electrons. The number of carbonyl (C=O) groups is 2. The van der Waals surface area contributed by atoms with Gasteiger partial charge in [-0.3, -0.25) is 14.9 Å². The van der Waals surface area contributed by atoms with Gasteiger partial charge in [-0.15, -0.1) is 27.8 Å². The molecule has 0 bridgehead atoms. The van der Waals surface area contributed by atoms with Crippen LogP contribution >= 0.6 is 22.7 Å². The van der Waals surface area contributed by atoms with Crippen molar-refractivity contribution in [1.29, 1.82) is 0 Å². The predicted octanol–water partition coefficient (Wildman–Crippen LogP) is 3.06. The van der Waals surface area contributed by atoms with Crippen molar-refractivity contribution < 1.29 is 14.0 Å². The maximum Gasteiger partial charge on any atom is 0.267 e. The third-order valence-electron chi connectivity index (χ3n) is 3.95. The summed E-state index contributed by atoms with van der Waals surface area (Å²) in [6.45, 7) is 1.71. The van der Waals surface area contributed by atoms with E-state index in [1.807, 2.05) is 0 Å². The van der Waals surface area contributed by atoms with Crippen molar-refractivity contribution in [2.24, 2.45) is 0 Å². The number of benzene rings is 1. The second kappa shape index (κ2) is 8.47. The van der Waals surface area contributed by atoms with E-state index < -0.39 is 11.7 Å². The molecule has 12 heteroatoms. The highest BCUT2D eigenvalue weighted by atomic mass is 32.1. The molecule has 0 fully saturated rings. The molecule has 2 N–H and O–H groups in total. The summed E-state index contributed by atoms with van der Waals surface area (Å²) in [6, 6.07) is 7.68. The monoisotopic (exact) mass is 443 g/mol. The summed E-state index contributed by atoms with van der Waals surface area (Å²) in [5.74, 6) is -0.758. The smallest absolute Gasteiger partial charge is 0.267 e. The van der Waals surface area contributed by atoms with Crippen molar-refractivity contribution in [1.82, 2.24) is 25.2 Å². The van der Waals surface area contributed by atoms with E-state index in [1.54, 1.807) is 29.8 Å². The minimum Gasteiger partial charge on any atom is -0.323 e. The van der Waals surface area contributed by atoms with Gasteiger partial charge in [0.15, 0.2) is 11.0 Å². The van der Waals surface area contributed by atoms with Crippen molar-refractivity contribution in [3.63, 3.8) is 0 Å². The van der Waals surface area contributed by atoms with E-state index >= 15 is 0 Å². The number of hydrogen-bond acceptors (Lipinski definition) is 8. The van der Waals surface area contributed by atoms with Gasteiger partial charge in [-0.1, -0.05) is 6.07 Å². The van der Waals surface area contributed by atoms with Crippen LogP contribution in [0.25, 0.3) is 5.69 Å². The molecule has 2 amide bonds. The molecule has 9 nitrogen and oxygen atoms in total. The minimum absolute atomic E-state index is 0.00820. The van der Waals surface area contributed by atoms with Crippen LogP contribution in [0.5, 0.6) is 0 Å². The van der Waals surface area contributed by atoms with Crippen LogP contribution in [0.2, 0.25) is 0 Å². The van der Waals surface area contributed by atoms with E-state index in [1.165, 1.54) is 45.6 Å². The molecule has 4 rings (SSSR count). The number of thiophene rings is 1. The highest BCUT2D eigenvalue weighted by Crippen LogP contribution is 2.21. The zero-order valence-corrected chi connectivity index (χ0v) is 17.1. The van der Waals surface area contributed by atoms with Crippen molar-refractivity contribution in [2.75, 3.05) is 10.6 Å². The molecule has 3 heterocycles. The van der Waals surface area contributed by atoms with Crippen LogP contribution < -0.4 is 10.6 Å². The molecule has 0 aliphatic heterocycles. The SMILES string of the molecule is Cc1nnnn1-c1ccc(F)c(NC(=O)Cc2csc(NC(=O)c3cccs3)n2)c1. The number of nitrogens with zero attached hydrogens (tertiary/aromatic N) is 5. The van der Waals surface area contributed by atoms with Gasteiger partial charge in [-0.2, -0.15) is 4.68 Å². The highest BCUT2D eigenvalue weighted by Gasteiger charge is 2.14. The number of anilines is 2. The number of aryl methyl sites for hydroxylation is 1. The number of amides is 2. The third kappa shape index (κ3) is 4.39. The highest BCUT2D eigenvalue weighted by molar-refractivity contribution is 7.14. The Kier molecular flexibility index (Phi) is 5.59. The lowest BCUT2D eigenvalue weighted by Gasteiger charge is -2.08. The first-order chi connectivity index (χ1) is 14.5. The molecule has 4 aromatic rings. The van der Waals surface area contributed by atoms with E-state index in [0.29, 0.717) is 27.2 Å². The van der Waals surface area contributed by atoms with Gasteiger partial charge >= 0.3 is 0 Å². The van der Waals surface area contributed by atoms with Crippen LogP contribution in [-0.2, 0) is 11.2 Å². The number of thiazole rings is 1. The number of carbonyl (C=O) groups excluding carboxylic acids is 2. The Labute approximate surface area is 177 Å². The first-order valence-corrected chi connectivity index (χ1v) is 10.4. The zero-order valence-electron chi connectivity index (χ0n) is 15.5. The molecule has 0 unspecified atom stereocenters. The second-order valence-corrected chi connectivity index (χ2v) is 7.91. The molecule has 1 aromatic carbocycles. The molecule has 0 aliphatic carbocycles. The third-order valence-corrected chi connectivity index (χ3v) is 5.63. The second-order valence-electron chi connectivity index (χ2n) is 6.10. The Bertz CT molecular complexity index is 1200. The summed E-state index contributed by atoms with van der Waals surface area (Å²) in [6.07, 6.45) is -0.0705. The van der Waals surface area contributed by atoms with E-state index in [4.69, 9.17) is 0 Å². The van der Waals surface area contributed by atoms with Crippen molar-refractivity contribution in [2.45, 2.75) is 13.3 Å². The first-order valence-electron chi connectivity index (χ1n) is 8.63. The van der Waals surface area contributed by atoms with Crippen LogP contribution in [0.1, 0.15) is 21.2 Å². The summed E-state index contributed by atoms with van der Waals surface area (Å²) in [4.78, 5) is 29.2. The van der Waals surface area contributed by atoms with Crippen LogP contribution in [0.4, 0.5) is 15.2 Å². The molecule has 3 aromatic heterocycles. The van der Waals surface area contributed by atoms with E-state index in [2.05, 4.69) is 31.1 Å². The number of aromatic nitrogens is 5. The number of rotatable bonds is 6. The molecule has 0 saturated heterocycles. The fourth-order valence-electron chi connectivity index (χ4n) is 2.58. The molecule has 152 valence electrons. The molecular weight excluding hydrogens is 429 g/mol. The number of halogens is 1. The standard InChI is InChI=1S/C18H14FN7O2S2/c1-10-23-24-25-26(10)12-4-5-13(19)14(8-12)21-16(27)7-11-9-30-18(20-11)22-17(28)15-3-2-6-29-15/h2-6,8-9H,7H2,1H3,(H,21,27)(H,20,22,28). The molecular formula is C18H14FN7O2S2. The lowest BCUT2D eigenvalue weighted by molar-refractivity contribution is -0.115. The summed E-state index contributed by atoms with van der Waals surface area (Å²) in [5, 5.41) is 20.3. The fourth-order valence-corrected chi connectivity index (χ4v) is 3.91. The van der Waals surface area contributed by atoms with Gasteiger partial charge < -0.3 is 5.32 Å². The number of hydrogen-bond donors (Lipinski definition) is 2. The summed E-state index contributed by atoms with van der Waals surface area (Å²) in [7, 11) is 0. The molecule has 30 heavy (non-hydrogen) atoms. The Morgan fingerprint density at radius 2 is 2.07 bits per heavy atom. The number of nitrogens with one attached hydrogen (secondary N) is 2. The topological polar surface area (TPSA) is 115 Å². The van der Waals surface area contributed by atoms with Gasteiger partial charge in [-0.05, 0) is 47.0 Å². The minimum atomic E-state index is -0.583. The Morgan fingerprint density at radius 1 is 1.20 bits per heavy atom. The largest absolute Gasteiger partial charge is 0.323 e. The average molecular weight is 443 g/mol. The van der Waals surface area contributed by atoms with Gasteiger partial charge in [0, 0.05) is 5.38 Å². The fraction of sp³-hybridized carbons (Fsp3) is 0.111. The van der Waals surface area contributed by atoms with Crippen molar-refractivity contribution in [3.05, 3.63) is 63.3 Å². The molecule has 0 aliphatic rings. The maximum absolute atomic E-state index is 14.2. The van der Waals surface area contributed by atoms with Gasteiger partial charge in [0.2, 0.25) is 5.91 Å². The predicted molar refractivity (Wildman–Crippen MR) is 111 cm³/mol. The average Bonchev–Trinajstić information content (AvgIpc) is 3.46. The van der Waals surface area contributed by atoms with Crippen LogP contribution in [0.15, 0.2) is 41.1 Å². The Morgan fingerprint density at radius 3 is 2.80 bits per heavy atom. The van der Waals surface area contributed by atoms with Gasteiger partial charge in [-0.25, -0.2) is 9.37 Å².